The van der Waals surface area contributed by atoms with Crippen LogP contribution in [0.3, 0.4) is 0 Å². The van der Waals surface area contributed by atoms with Crippen molar-refractivity contribution in [3.63, 3.8) is 0 Å². The Morgan fingerprint density at radius 3 is 2.54 bits per heavy atom. The third-order valence-corrected chi connectivity index (χ3v) is 4.24. The third-order valence-electron chi connectivity index (χ3n) is 4.24. The van der Waals surface area contributed by atoms with Gasteiger partial charge < -0.3 is 10.5 Å². The van der Waals surface area contributed by atoms with Crippen LogP contribution in [0.1, 0.15) is 49.1 Å². The minimum Gasteiger partial charge on any atom is -0.420 e. The van der Waals surface area contributed by atoms with Gasteiger partial charge in [-0.3, -0.25) is 5.10 Å². The Kier molecular flexibility index (Phi) is 3.98. The van der Waals surface area contributed by atoms with Crippen LogP contribution >= 0.6 is 0 Å². The smallest absolute Gasteiger partial charge is 0.416 e. The standard InChI is InChI=1S/C18H17F3N4O/c1-17(2,3)14-13-12(9-5-4-6-10(7-9)18(19,20)21)11(8-22)15(23)26-16(13)25-24-14/h4-7,12H,23H2,1-3H3,(H,24,25)/t12-/m0/s1. The van der Waals surface area contributed by atoms with Crippen molar-refractivity contribution in [1.82, 2.24) is 10.2 Å². The molecule has 0 bridgehead atoms. The zero-order chi connectivity index (χ0) is 19.3. The first-order chi connectivity index (χ1) is 12.0. The molecule has 0 aliphatic carbocycles. The van der Waals surface area contributed by atoms with E-state index in [1.807, 2.05) is 26.8 Å². The zero-order valence-corrected chi connectivity index (χ0v) is 14.4. The minimum absolute atomic E-state index is 0.0590. The van der Waals surface area contributed by atoms with Gasteiger partial charge in [-0.2, -0.15) is 18.4 Å². The lowest BCUT2D eigenvalue weighted by Crippen LogP contribution is -2.24. The molecular formula is C18H17F3N4O. The highest BCUT2D eigenvalue weighted by atomic mass is 19.4. The number of halogens is 3. The molecule has 2 aromatic rings. The van der Waals surface area contributed by atoms with Gasteiger partial charge in [0.25, 0.3) is 0 Å². The number of rotatable bonds is 1. The fraction of sp³-hybridized carbons (Fsp3) is 0.333. The van der Waals surface area contributed by atoms with Gasteiger partial charge in [-0.25, -0.2) is 0 Å². The second kappa shape index (κ2) is 5.80. The number of nitrogens with zero attached hydrogens (tertiary/aromatic N) is 2. The molecule has 1 aromatic carbocycles. The first-order valence-electron chi connectivity index (χ1n) is 7.87. The van der Waals surface area contributed by atoms with Crippen molar-refractivity contribution in [3.8, 4) is 11.9 Å². The van der Waals surface area contributed by atoms with Gasteiger partial charge in [0, 0.05) is 11.1 Å². The molecule has 0 saturated carbocycles. The fourth-order valence-electron chi connectivity index (χ4n) is 3.04. The summed E-state index contributed by atoms with van der Waals surface area (Å²) in [7, 11) is 0. The van der Waals surface area contributed by atoms with Crippen LogP contribution in [-0.4, -0.2) is 10.2 Å². The minimum atomic E-state index is -4.49. The normalized spacial score (nSPS) is 17.5. The first kappa shape index (κ1) is 17.9. The second-order valence-electron chi connectivity index (χ2n) is 7.12. The summed E-state index contributed by atoms with van der Waals surface area (Å²) in [5, 5.41) is 16.5. The maximum absolute atomic E-state index is 13.2. The van der Waals surface area contributed by atoms with Crippen LogP contribution in [-0.2, 0) is 11.6 Å². The van der Waals surface area contributed by atoms with E-state index in [4.69, 9.17) is 10.5 Å². The Hall–Kier alpha value is -2.95. The Morgan fingerprint density at radius 1 is 1.27 bits per heavy atom. The summed E-state index contributed by atoms with van der Waals surface area (Å²) >= 11 is 0. The molecular weight excluding hydrogens is 345 g/mol. The van der Waals surface area contributed by atoms with E-state index in [2.05, 4.69) is 10.2 Å². The van der Waals surface area contributed by atoms with Crippen LogP contribution in [0.15, 0.2) is 35.7 Å². The van der Waals surface area contributed by atoms with Crippen LogP contribution in [0.4, 0.5) is 13.2 Å². The van der Waals surface area contributed by atoms with Crippen LogP contribution in [0.2, 0.25) is 0 Å². The monoisotopic (exact) mass is 362 g/mol. The van der Waals surface area contributed by atoms with Gasteiger partial charge in [-0.1, -0.05) is 39.0 Å². The maximum Gasteiger partial charge on any atom is 0.416 e. The number of alkyl halides is 3. The molecule has 136 valence electrons. The van der Waals surface area contributed by atoms with E-state index in [0.29, 0.717) is 16.8 Å². The van der Waals surface area contributed by atoms with Crippen molar-refractivity contribution in [3.05, 3.63) is 58.1 Å². The fourth-order valence-corrected chi connectivity index (χ4v) is 3.04. The molecule has 8 heteroatoms. The SMILES string of the molecule is CC(C)(C)c1[nH]nc2c1[C@@H](c1cccc(C(F)(F)F)c1)C(C#N)=C(N)O2. The van der Waals surface area contributed by atoms with Crippen molar-refractivity contribution >= 4 is 0 Å². The van der Waals surface area contributed by atoms with Crippen molar-refractivity contribution in [2.75, 3.05) is 0 Å². The lowest BCUT2D eigenvalue weighted by molar-refractivity contribution is -0.137. The highest BCUT2D eigenvalue weighted by Gasteiger charge is 2.39. The molecule has 1 atom stereocenters. The maximum atomic E-state index is 13.2. The number of aromatic nitrogens is 2. The molecule has 0 spiro atoms. The van der Waals surface area contributed by atoms with Gasteiger partial charge in [0.2, 0.25) is 11.8 Å². The molecule has 1 aliphatic rings. The second-order valence-corrected chi connectivity index (χ2v) is 7.12. The van der Waals surface area contributed by atoms with E-state index >= 15 is 0 Å². The largest absolute Gasteiger partial charge is 0.420 e. The van der Waals surface area contributed by atoms with Gasteiger partial charge in [0.1, 0.15) is 11.6 Å². The summed E-state index contributed by atoms with van der Waals surface area (Å²) in [4.78, 5) is 0. The predicted molar refractivity (Wildman–Crippen MR) is 88.0 cm³/mol. The number of ether oxygens (including phenoxy) is 1. The van der Waals surface area contributed by atoms with Crippen molar-refractivity contribution in [2.24, 2.45) is 5.73 Å². The predicted octanol–water partition coefficient (Wildman–Crippen LogP) is 3.94. The molecule has 0 saturated heterocycles. The molecule has 0 amide bonds. The Morgan fingerprint density at radius 2 is 1.96 bits per heavy atom. The molecule has 1 aliphatic heterocycles. The van der Waals surface area contributed by atoms with E-state index in [-0.39, 0.29) is 17.3 Å². The summed E-state index contributed by atoms with van der Waals surface area (Å²) in [6, 6.07) is 6.85. The van der Waals surface area contributed by atoms with Gasteiger partial charge in [-0.15, -0.1) is 5.10 Å². The Bertz CT molecular complexity index is 929. The van der Waals surface area contributed by atoms with Crippen molar-refractivity contribution in [1.29, 1.82) is 5.26 Å². The summed E-state index contributed by atoms with van der Waals surface area (Å²) < 4.78 is 44.9. The highest BCUT2D eigenvalue weighted by molar-refractivity contribution is 5.56. The van der Waals surface area contributed by atoms with E-state index in [9.17, 15) is 18.4 Å². The summed E-state index contributed by atoms with van der Waals surface area (Å²) in [5.74, 6) is -0.776. The summed E-state index contributed by atoms with van der Waals surface area (Å²) in [6.45, 7) is 5.78. The molecule has 3 rings (SSSR count). The molecule has 3 N–H and O–H groups in total. The zero-order valence-electron chi connectivity index (χ0n) is 14.4. The number of aromatic amines is 1. The van der Waals surface area contributed by atoms with Crippen LogP contribution < -0.4 is 10.5 Å². The van der Waals surface area contributed by atoms with Crippen molar-refractivity contribution < 1.29 is 17.9 Å². The highest BCUT2D eigenvalue weighted by Crippen LogP contribution is 2.46. The Balaban J connectivity index is 2.27. The molecule has 26 heavy (non-hydrogen) atoms. The number of hydrogen-bond acceptors (Lipinski definition) is 4. The molecule has 0 radical (unpaired) electrons. The lowest BCUT2D eigenvalue weighted by atomic mass is 9.78. The number of fused-ring (bicyclic) bond motifs is 1. The topological polar surface area (TPSA) is 87.7 Å². The van der Waals surface area contributed by atoms with Gasteiger partial charge >= 0.3 is 6.18 Å². The van der Waals surface area contributed by atoms with Gasteiger partial charge in [0.15, 0.2) is 0 Å². The average molecular weight is 362 g/mol. The molecule has 0 unspecified atom stereocenters. The van der Waals surface area contributed by atoms with Crippen molar-refractivity contribution in [2.45, 2.75) is 38.3 Å². The number of nitriles is 1. The summed E-state index contributed by atoms with van der Waals surface area (Å²) in [5.41, 5.74) is 6.22. The van der Waals surface area contributed by atoms with E-state index in [1.54, 1.807) is 6.07 Å². The van der Waals surface area contributed by atoms with Gasteiger partial charge in [0.05, 0.1) is 17.0 Å². The van der Waals surface area contributed by atoms with Crippen LogP contribution in [0, 0.1) is 11.3 Å². The molecule has 0 fully saturated rings. The third kappa shape index (κ3) is 2.90. The number of hydrogen-bond donors (Lipinski definition) is 2. The number of H-pyrrole nitrogens is 1. The average Bonchev–Trinajstić information content (AvgIpc) is 2.96. The van der Waals surface area contributed by atoms with Gasteiger partial charge in [-0.05, 0) is 11.6 Å². The molecule has 2 heterocycles. The van der Waals surface area contributed by atoms with Crippen LogP contribution in [0.5, 0.6) is 5.88 Å². The Labute approximate surface area is 148 Å². The number of nitrogens with two attached hydrogens (primary N) is 1. The van der Waals surface area contributed by atoms with E-state index < -0.39 is 23.1 Å². The number of benzene rings is 1. The van der Waals surface area contributed by atoms with E-state index in [1.165, 1.54) is 6.07 Å². The van der Waals surface area contributed by atoms with E-state index in [0.717, 1.165) is 12.1 Å². The number of nitrogens with one attached hydrogen (secondary N) is 1. The lowest BCUT2D eigenvalue weighted by Gasteiger charge is -2.27. The summed E-state index contributed by atoms with van der Waals surface area (Å²) in [6.07, 6.45) is -4.49. The first-order valence-corrected chi connectivity index (χ1v) is 7.87. The van der Waals surface area contributed by atoms with Crippen LogP contribution in [0.25, 0.3) is 0 Å². The number of allylic oxidation sites excluding steroid dienone is 1. The molecule has 5 nitrogen and oxygen atoms in total. The molecule has 1 aromatic heterocycles. The quantitative estimate of drug-likeness (QED) is 0.804.